The summed E-state index contributed by atoms with van der Waals surface area (Å²) in [5.41, 5.74) is 8.45. The Kier molecular flexibility index (Phi) is 6.54. The van der Waals surface area contributed by atoms with Gasteiger partial charge in [0.05, 0.1) is 12.5 Å². The average Bonchev–Trinajstić information content (AvgIpc) is 2.69. The van der Waals surface area contributed by atoms with Crippen molar-refractivity contribution >= 4 is 29.1 Å². The Hall–Kier alpha value is -2.58. The normalized spacial score (nSPS) is 12.1. The van der Waals surface area contributed by atoms with Crippen molar-refractivity contribution in [1.82, 2.24) is 4.98 Å². The maximum atomic E-state index is 12.9. The highest BCUT2D eigenvalue weighted by Crippen LogP contribution is 2.21. The third-order valence-electron chi connectivity index (χ3n) is 4.86. The van der Waals surface area contributed by atoms with Gasteiger partial charge < -0.3 is 20.5 Å². The molecule has 2 aromatic carbocycles. The van der Waals surface area contributed by atoms with E-state index in [9.17, 15) is 14.8 Å². The van der Waals surface area contributed by atoms with Crippen LogP contribution in [0, 0.1) is 0 Å². The summed E-state index contributed by atoms with van der Waals surface area (Å²) in [4.78, 5) is 17.0. The summed E-state index contributed by atoms with van der Waals surface area (Å²) >= 11 is 0. The van der Waals surface area contributed by atoms with Crippen molar-refractivity contribution in [2.75, 3.05) is 13.7 Å². The lowest BCUT2D eigenvalue weighted by Gasteiger charge is -2.17. The minimum atomic E-state index is -1.65. The van der Waals surface area contributed by atoms with Crippen LogP contribution >= 0.6 is 0 Å². The van der Waals surface area contributed by atoms with Crippen molar-refractivity contribution in [2.24, 2.45) is 5.73 Å². The van der Waals surface area contributed by atoms with E-state index in [1.54, 1.807) is 30.6 Å². The van der Waals surface area contributed by atoms with Gasteiger partial charge in [0.2, 0.25) is 0 Å². The SMILES string of the molecule is COCc1ccc(C(CN)C(=O)Cc2ccc3cnccc3c2)cc1B(O)O. The van der Waals surface area contributed by atoms with Crippen LogP contribution in [0.3, 0.4) is 0 Å². The van der Waals surface area contributed by atoms with Gasteiger partial charge in [-0.15, -0.1) is 0 Å². The largest absolute Gasteiger partial charge is 0.488 e. The van der Waals surface area contributed by atoms with Gasteiger partial charge in [-0.25, -0.2) is 0 Å². The van der Waals surface area contributed by atoms with E-state index >= 15 is 0 Å². The van der Waals surface area contributed by atoms with Gasteiger partial charge in [0.25, 0.3) is 0 Å². The summed E-state index contributed by atoms with van der Waals surface area (Å²) in [7, 11) is -0.111. The Morgan fingerprint density at radius 2 is 2.00 bits per heavy atom. The number of methoxy groups -OCH3 is 1. The van der Waals surface area contributed by atoms with E-state index in [0.29, 0.717) is 16.6 Å². The van der Waals surface area contributed by atoms with Crippen LogP contribution in [-0.2, 0) is 22.6 Å². The number of aromatic nitrogens is 1. The standard InChI is InChI=1S/C21H23BN2O4/c1-28-13-18-5-4-16(10-20(18)22(26)27)19(11-23)21(25)9-14-2-3-17-12-24-7-6-15(17)8-14/h2-8,10,12,19,26-27H,9,11,13,23H2,1H3. The number of Topliss-reactive ketones (excluding diaryl/α,β-unsaturated/α-hetero) is 1. The first-order valence-electron chi connectivity index (χ1n) is 9.06. The molecule has 3 rings (SSSR count). The highest BCUT2D eigenvalue weighted by Gasteiger charge is 2.23. The maximum absolute atomic E-state index is 12.9. The van der Waals surface area contributed by atoms with Crippen molar-refractivity contribution in [3.05, 3.63) is 71.5 Å². The van der Waals surface area contributed by atoms with Gasteiger partial charge in [-0.05, 0) is 33.6 Å². The van der Waals surface area contributed by atoms with Crippen LogP contribution in [-0.4, -0.2) is 41.6 Å². The topological polar surface area (TPSA) is 106 Å². The first-order valence-corrected chi connectivity index (χ1v) is 9.06. The number of benzene rings is 2. The minimum Gasteiger partial charge on any atom is -0.423 e. The van der Waals surface area contributed by atoms with Gasteiger partial charge in [0.1, 0.15) is 5.78 Å². The van der Waals surface area contributed by atoms with E-state index in [4.69, 9.17) is 10.5 Å². The second kappa shape index (κ2) is 9.08. The summed E-state index contributed by atoms with van der Waals surface area (Å²) in [5, 5.41) is 21.4. The van der Waals surface area contributed by atoms with Crippen molar-refractivity contribution in [3.63, 3.8) is 0 Å². The van der Waals surface area contributed by atoms with Gasteiger partial charge in [-0.1, -0.05) is 36.4 Å². The number of carbonyl (C=O) groups is 1. The molecule has 7 heteroatoms. The number of fused-ring (bicyclic) bond motifs is 1. The van der Waals surface area contributed by atoms with Crippen LogP contribution in [0.1, 0.15) is 22.6 Å². The van der Waals surface area contributed by atoms with E-state index in [-0.39, 0.29) is 25.4 Å². The van der Waals surface area contributed by atoms with Gasteiger partial charge in [0, 0.05) is 37.9 Å². The lowest BCUT2D eigenvalue weighted by Crippen LogP contribution is -2.34. The van der Waals surface area contributed by atoms with Crippen LogP contribution < -0.4 is 11.2 Å². The molecule has 0 radical (unpaired) electrons. The molecule has 1 aromatic heterocycles. The van der Waals surface area contributed by atoms with Crippen LogP contribution in [0.25, 0.3) is 10.8 Å². The zero-order valence-electron chi connectivity index (χ0n) is 15.7. The Morgan fingerprint density at radius 1 is 1.18 bits per heavy atom. The average molecular weight is 378 g/mol. The molecule has 144 valence electrons. The summed E-state index contributed by atoms with van der Waals surface area (Å²) in [5.74, 6) is -0.545. The summed E-state index contributed by atoms with van der Waals surface area (Å²) in [6, 6.07) is 12.9. The fraction of sp³-hybridized carbons (Fsp3) is 0.238. The molecule has 0 spiro atoms. The molecule has 1 atom stereocenters. The predicted octanol–water partition coefficient (Wildman–Crippen LogP) is 0.915. The first kappa shape index (κ1) is 20.2. The molecule has 28 heavy (non-hydrogen) atoms. The third-order valence-corrected chi connectivity index (χ3v) is 4.86. The number of ether oxygens (including phenoxy) is 1. The number of hydrogen-bond donors (Lipinski definition) is 3. The molecular formula is C21H23BN2O4. The highest BCUT2D eigenvalue weighted by atomic mass is 16.5. The smallest absolute Gasteiger partial charge is 0.423 e. The lowest BCUT2D eigenvalue weighted by atomic mass is 9.75. The number of hydrogen-bond acceptors (Lipinski definition) is 6. The van der Waals surface area contributed by atoms with E-state index in [1.165, 1.54) is 7.11 Å². The number of nitrogens with zero attached hydrogens (tertiary/aromatic N) is 1. The molecule has 0 aliphatic carbocycles. The fourth-order valence-corrected chi connectivity index (χ4v) is 3.38. The number of carbonyl (C=O) groups excluding carboxylic acids is 1. The molecule has 6 nitrogen and oxygen atoms in total. The van der Waals surface area contributed by atoms with Gasteiger partial charge >= 0.3 is 7.12 Å². The number of pyridine rings is 1. The first-order chi connectivity index (χ1) is 13.5. The van der Waals surface area contributed by atoms with Crippen molar-refractivity contribution in [1.29, 1.82) is 0 Å². The highest BCUT2D eigenvalue weighted by molar-refractivity contribution is 6.59. The molecule has 0 amide bonds. The molecule has 3 aromatic rings. The number of rotatable bonds is 8. The van der Waals surface area contributed by atoms with E-state index in [2.05, 4.69) is 4.98 Å². The summed E-state index contributed by atoms with van der Waals surface area (Å²) < 4.78 is 5.09. The monoisotopic (exact) mass is 378 g/mol. The van der Waals surface area contributed by atoms with Crippen molar-refractivity contribution in [2.45, 2.75) is 18.9 Å². The van der Waals surface area contributed by atoms with Crippen LogP contribution in [0.15, 0.2) is 54.9 Å². The second-order valence-electron chi connectivity index (χ2n) is 6.75. The Balaban J connectivity index is 1.85. The predicted molar refractivity (Wildman–Crippen MR) is 109 cm³/mol. The lowest BCUT2D eigenvalue weighted by molar-refractivity contribution is -0.119. The molecule has 0 aliphatic heterocycles. The molecule has 0 saturated carbocycles. The van der Waals surface area contributed by atoms with Gasteiger partial charge in [0.15, 0.2) is 0 Å². The van der Waals surface area contributed by atoms with Crippen LogP contribution in [0.5, 0.6) is 0 Å². The quantitative estimate of drug-likeness (QED) is 0.504. The van der Waals surface area contributed by atoms with Gasteiger partial charge in [-0.2, -0.15) is 0 Å². The van der Waals surface area contributed by atoms with E-state index < -0.39 is 13.0 Å². The second-order valence-corrected chi connectivity index (χ2v) is 6.75. The zero-order valence-corrected chi connectivity index (χ0v) is 15.7. The number of ketones is 1. The van der Waals surface area contributed by atoms with E-state index in [1.807, 2.05) is 24.3 Å². The molecule has 0 fully saturated rings. The van der Waals surface area contributed by atoms with Crippen LogP contribution in [0.2, 0.25) is 0 Å². The van der Waals surface area contributed by atoms with Gasteiger partial charge in [-0.3, -0.25) is 9.78 Å². The third kappa shape index (κ3) is 4.45. The molecule has 1 unspecified atom stereocenters. The summed E-state index contributed by atoms with van der Waals surface area (Å²) in [6.07, 6.45) is 3.75. The molecule has 4 N–H and O–H groups in total. The Bertz CT molecular complexity index is 978. The molecular weight excluding hydrogens is 355 g/mol. The summed E-state index contributed by atoms with van der Waals surface area (Å²) in [6.45, 7) is 0.390. The maximum Gasteiger partial charge on any atom is 0.488 e. The number of nitrogens with two attached hydrogens (primary N) is 1. The molecule has 0 bridgehead atoms. The zero-order chi connectivity index (χ0) is 20.1. The van der Waals surface area contributed by atoms with Crippen molar-refractivity contribution in [3.8, 4) is 0 Å². The van der Waals surface area contributed by atoms with Crippen molar-refractivity contribution < 1.29 is 19.6 Å². The van der Waals surface area contributed by atoms with E-state index in [0.717, 1.165) is 16.3 Å². The Labute approximate surface area is 164 Å². The molecule has 0 saturated heterocycles. The Morgan fingerprint density at radius 3 is 2.71 bits per heavy atom. The molecule has 1 heterocycles. The molecule has 0 aliphatic rings. The minimum absolute atomic E-state index is 0.0197. The van der Waals surface area contributed by atoms with Crippen LogP contribution in [0.4, 0.5) is 0 Å². The fourth-order valence-electron chi connectivity index (χ4n) is 3.38.